The number of rotatable bonds is 0. The van der Waals surface area contributed by atoms with E-state index in [1.165, 1.54) is 5.56 Å². The van der Waals surface area contributed by atoms with Crippen molar-refractivity contribution in [2.75, 3.05) is 0 Å². The van der Waals surface area contributed by atoms with Crippen LogP contribution in [0.25, 0.3) is 28.0 Å². The highest BCUT2D eigenvalue weighted by Crippen LogP contribution is 2.25. The number of aryl methyl sites for hydroxylation is 1. The molecule has 4 aromatic rings. The van der Waals surface area contributed by atoms with E-state index in [0.29, 0.717) is 5.84 Å². The average molecular weight is 222 g/mol. The van der Waals surface area contributed by atoms with E-state index in [4.69, 9.17) is 4.42 Å². The van der Waals surface area contributed by atoms with Gasteiger partial charge in [0.05, 0.1) is 16.6 Å². The van der Waals surface area contributed by atoms with E-state index in [0.717, 1.165) is 22.1 Å². The van der Waals surface area contributed by atoms with Crippen LogP contribution in [0.1, 0.15) is 5.56 Å². The van der Waals surface area contributed by atoms with E-state index < -0.39 is 0 Å². The minimum atomic E-state index is 0.659. The van der Waals surface area contributed by atoms with Gasteiger partial charge in [0.25, 0.3) is 0 Å². The van der Waals surface area contributed by atoms with Gasteiger partial charge in [0.1, 0.15) is 0 Å². The Balaban J connectivity index is 2.31. The molecule has 0 unspecified atom stereocenters. The second kappa shape index (κ2) is 2.88. The van der Waals surface area contributed by atoms with Crippen LogP contribution in [0.5, 0.6) is 0 Å². The number of nitrogens with zero attached hydrogens (tertiary/aromatic N) is 2. The molecule has 2 aromatic heterocycles. The van der Waals surface area contributed by atoms with Gasteiger partial charge in [-0.3, -0.25) is 4.40 Å². The van der Waals surface area contributed by atoms with Gasteiger partial charge in [-0.2, -0.15) is 4.98 Å². The maximum Gasteiger partial charge on any atom is 0.307 e. The van der Waals surface area contributed by atoms with Crippen LogP contribution in [0.3, 0.4) is 0 Å². The number of imidazole rings is 1. The molecule has 0 N–H and O–H groups in total. The van der Waals surface area contributed by atoms with Gasteiger partial charge < -0.3 is 4.42 Å². The molecule has 3 nitrogen and oxygen atoms in total. The van der Waals surface area contributed by atoms with Gasteiger partial charge in [-0.05, 0) is 36.8 Å². The van der Waals surface area contributed by atoms with Gasteiger partial charge in [-0.25, -0.2) is 0 Å². The Bertz CT molecular complexity index is 854. The zero-order valence-electron chi connectivity index (χ0n) is 9.34. The zero-order chi connectivity index (χ0) is 11.4. The average Bonchev–Trinajstić information content (AvgIpc) is 2.83. The summed E-state index contributed by atoms with van der Waals surface area (Å²) >= 11 is 0. The van der Waals surface area contributed by atoms with Crippen LogP contribution in [-0.4, -0.2) is 9.38 Å². The van der Waals surface area contributed by atoms with Crippen LogP contribution in [-0.2, 0) is 0 Å². The Morgan fingerprint density at radius 2 is 1.94 bits per heavy atom. The highest BCUT2D eigenvalue weighted by molar-refractivity contribution is 5.88. The van der Waals surface area contributed by atoms with Crippen LogP contribution >= 0.6 is 0 Å². The van der Waals surface area contributed by atoms with Crippen LogP contribution in [0.4, 0.5) is 0 Å². The normalized spacial score (nSPS) is 11.8. The molecule has 0 spiro atoms. The lowest BCUT2D eigenvalue weighted by Gasteiger charge is -1.93. The topological polar surface area (TPSA) is 30.4 Å². The predicted molar refractivity (Wildman–Crippen MR) is 67.2 cm³/mol. The maximum atomic E-state index is 5.73. The quantitative estimate of drug-likeness (QED) is 0.455. The zero-order valence-corrected chi connectivity index (χ0v) is 9.34. The standard InChI is InChI=1S/C14H10N2O/c1-9-6-7-11-10(8-9)15-14-16(11)12-4-2-3-5-13(12)17-14/h2-8H,1H3. The molecular weight excluding hydrogens is 212 g/mol. The van der Waals surface area contributed by atoms with Crippen molar-refractivity contribution in [2.45, 2.75) is 6.92 Å². The number of fused-ring (bicyclic) bond motifs is 5. The van der Waals surface area contributed by atoms with Crippen molar-refractivity contribution in [1.29, 1.82) is 0 Å². The van der Waals surface area contributed by atoms with Gasteiger partial charge in [0.15, 0.2) is 5.58 Å². The summed E-state index contributed by atoms with van der Waals surface area (Å²) in [7, 11) is 0. The smallest absolute Gasteiger partial charge is 0.307 e. The molecule has 2 aromatic carbocycles. The van der Waals surface area contributed by atoms with Gasteiger partial charge in [-0.15, -0.1) is 0 Å². The fourth-order valence-electron chi connectivity index (χ4n) is 2.30. The molecule has 17 heavy (non-hydrogen) atoms. The van der Waals surface area contributed by atoms with Crippen LogP contribution in [0, 0.1) is 6.92 Å². The molecule has 0 aliphatic rings. The number of aromatic nitrogens is 2. The first-order valence-electron chi connectivity index (χ1n) is 5.59. The molecule has 82 valence electrons. The number of benzene rings is 2. The third kappa shape index (κ3) is 1.08. The Labute approximate surface area is 97.3 Å². The molecule has 0 saturated carbocycles. The minimum absolute atomic E-state index is 0.659. The summed E-state index contributed by atoms with van der Waals surface area (Å²) in [4.78, 5) is 4.51. The summed E-state index contributed by atoms with van der Waals surface area (Å²) in [5.41, 5.74) is 5.22. The molecule has 2 heterocycles. The van der Waals surface area contributed by atoms with Crippen molar-refractivity contribution in [2.24, 2.45) is 0 Å². The third-order valence-electron chi connectivity index (χ3n) is 3.09. The molecule has 0 aliphatic heterocycles. The second-order valence-corrected chi connectivity index (χ2v) is 4.29. The van der Waals surface area contributed by atoms with Crippen LogP contribution < -0.4 is 0 Å². The number of hydrogen-bond donors (Lipinski definition) is 0. The van der Waals surface area contributed by atoms with E-state index in [9.17, 15) is 0 Å². The van der Waals surface area contributed by atoms with E-state index in [2.05, 4.69) is 34.5 Å². The summed E-state index contributed by atoms with van der Waals surface area (Å²) in [5, 5.41) is 0. The number of hydrogen-bond acceptors (Lipinski definition) is 2. The van der Waals surface area contributed by atoms with Crippen molar-refractivity contribution in [3.63, 3.8) is 0 Å². The Morgan fingerprint density at radius 3 is 2.88 bits per heavy atom. The number of oxazole rings is 1. The molecular formula is C14H10N2O. The van der Waals surface area contributed by atoms with Gasteiger partial charge >= 0.3 is 5.84 Å². The maximum absolute atomic E-state index is 5.73. The first-order chi connectivity index (χ1) is 8.33. The van der Waals surface area contributed by atoms with E-state index >= 15 is 0 Å². The lowest BCUT2D eigenvalue weighted by molar-refractivity contribution is 0.643. The Morgan fingerprint density at radius 1 is 1.06 bits per heavy atom. The monoisotopic (exact) mass is 222 g/mol. The summed E-state index contributed by atoms with van der Waals surface area (Å²) in [6.07, 6.45) is 0. The number of para-hydroxylation sites is 2. The first kappa shape index (κ1) is 8.82. The molecule has 0 fully saturated rings. The molecule has 0 atom stereocenters. The summed E-state index contributed by atoms with van der Waals surface area (Å²) in [6, 6.07) is 14.3. The summed E-state index contributed by atoms with van der Waals surface area (Å²) in [5.74, 6) is 0.659. The lowest BCUT2D eigenvalue weighted by atomic mass is 10.2. The largest absolute Gasteiger partial charge is 0.423 e. The Hall–Kier alpha value is -2.29. The SMILES string of the molecule is Cc1ccc2c(c1)nc1oc3ccccc3n12. The molecule has 4 rings (SSSR count). The van der Waals surface area contributed by atoms with Crippen molar-refractivity contribution >= 4 is 28.0 Å². The predicted octanol–water partition coefficient (Wildman–Crippen LogP) is 3.54. The van der Waals surface area contributed by atoms with E-state index in [-0.39, 0.29) is 0 Å². The fourth-order valence-corrected chi connectivity index (χ4v) is 2.30. The summed E-state index contributed by atoms with van der Waals surface area (Å²) < 4.78 is 7.79. The van der Waals surface area contributed by atoms with E-state index in [1.807, 2.05) is 24.3 Å². The Kier molecular flexibility index (Phi) is 1.50. The van der Waals surface area contributed by atoms with Crippen molar-refractivity contribution in [3.05, 3.63) is 48.0 Å². The van der Waals surface area contributed by atoms with Crippen molar-refractivity contribution in [3.8, 4) is 0 Å². The molecule has 0 bridgehead atoms. The van der Waals surface area contributed by atoms with Crippen LogP contribution in [0.15, 0.2) is 46.9 Å². The third-order valence-corrected chi connectivity index (χ3v) is 3.09. The lowest BCUT2D eigenvalue weighted by Crippen LogP contribution is -1.80. The molecule has 0 aliphatic carbocycles. The van der Waals surface area contributed by atoms with Gasteiger partial charge in [0.2, 0.25) is 0 Å². The fraction of sp³-hybridized carbons (Fsp3) is 0.0714. The highest BCUT2D eigenvalue weighted by atomic mass is 16.4. The van der Waals surface area contributed by atoms with E-state index in [1.54, 1.807) is 0 Å². The minimum Gasteiger partial charge on any atom is -0.423 e. The highest BCUT2D eigenvalue weighted by Gasteiger charge is 2.11. The van der Waals surface area contributed by atoms with Gasteiger partial charge in [0, 0.05) is 0 Å². The molecule has 0 radical (unpaired) electrons. The molecule has 3 heteroatoms. The van der Waals surface area contributed by atoms with Crippen LogP contribution in [0.2, 0.25) is 0 Å². The second-order valence-electron chi connectivity index (χ2n) is 4.29. The molecule has 0 saturated heterocycles. The first-order valence-corrected chi connectivity index (χ1v) is 5.59. The van der Waals surface area contributed by atoms with Gasteiger partial charge in [-0.1, -0.05) is 18.2 Å². The van der Waals surface area contributed by atoms with Crippen molar-refractivity contribution in [1.82, 2.24) is 9.38 Å². The molecule has 0 amide bonds. The summed E-state index contributed by atoms with van der Waals surface area (Å²) in [6.45, 7) is 2.07. The van der Waals surface area contributed by atoms with Crippen molar-refractivity contribution < 1.29 is 4.42 Å².